The van der Waals surface area contributed by atoms with Gasteiger partial charge in [-0.25, -0.2) is 4.39 Å². The van der Waals surface area contributed by atoms with Gasteiger partial charge in [-0.3, -0.25) is 0 Å². The van der Waals surface area contributed by atoms with E-state index in [1.54, 1.807) is 6.07 Å². The van der Waals surface area contributed by atoms with Crippen LogP contribution < -0.4 is 11.1 Å². The Balaban J connectivity index is 2.05. The maximum atomic E-state index is 13.4. The number of halogens is 2. The van der Waals surface area contributed by atoms with Crippen molar-refractivity contribution in [3.63, 3.8) is 0 Å². The monoisotopic (exact) mass is 298 g/mol. The lowest BCUT2D eigenvalue weighted by Gasteiger charge is -2.41. The Morgan fingerprint density at radius 3 is 2.60 bits per heavy atom. The second kappa shape index (κ2) is 6.77. The van der Waals surface area contributed by atoms with Crippen molar-refractivity contribution < 1.29 is 4.39 Å². The molecule has 4 heteroatoms. The lowest BCUT2D eigenvalue weighted by Crippen LogP contribution is -2.48. The van der Waals surface area contributed by atoms with E-state index < -0.39 is 0 Å². The summed E-state index contributed by atoms with van der Waals surface area (Å²) in [5.41, 5.74) is 6.61. The first kappa shape index (κ1) is 15.6. The van der Waals surface area contributed by atoms with E-state index in [1.807, 2.05) is 0 Å². The summed E-state index contributed by atoms with van der Waals surface area (Å²) < 4.78 is 13.4. The summed E-state index contributed by atoms with van der Waals surface area (Å²) in [6.07, 6.45) is 7.02. The molecule has 0 aliphatic heterocycles. The lowest BCUT2D eigenvalue weighted by molar-refractivity contribution is 0.247. The normalized spacial score (nSPS) is 26.5. The number of anilines is 1. The van der Waals surface area contributed by atoms with Gasteiger partial charge >= 0.3 is 0 Å². The van der Waals surface area contributed by atoms with E-state index in [4.69, 9.17) is 17.3 Å². The van der Waals surface area contributed by atoms with Gasteiger partial charge in [-0.1, -0.05) is 31.4 Å². The van der Waals surface area contributed by atoms with Gasteiger partial charge in [-0.2, -0.15) is 0 Å². The SMILES string of the molecule is CCCC1CCC(CN)(Nc2cc(F)cc(Cl)c2)CC1. The van der Waals surface area contributed by atoms with Crippen molar-refractivity contribution in [2.75, 3.05) is 11.9 Å². The van der Waals surface area contributed by atoms with Gasteiger partial charge in [0.15, 0.2) is 0 Å². The topological polar surface area (TPSA) is 38.0 Å². The number of nitrogens with one attached hydrogen (secondary N) is 1. The van der Waals surface area contributed by atoms with Crippen LogP contribution in [0.4, 0.5) is 10.1 Å². The molecule has 1 aromatic rings. The number of hydrogen-bond acceptors (Lipinski definition) is 2. The predicted molar refractivity (Wildman–Crippen MR) is 83.7 cm³/mol. The molecule has 1 fully saturated rings. The van der Waals surface area contributed by atoms with E-state index in [0.29, 0.717) is 11.6 Å². The molecule has 1 aromatic carbocycles. The molecule has 112 valence electrons. The zero-order valence-electron chi connectivity index (χ0n) is 12.1. The summed E-state index contributed by atoms with van der Waals surface area (Å²) in [5.74, 6) is 0.504. The Labute approximate surface area is 125 Å². The minimum absolute atomic E-state index is 0.110. The van der Waals surface area contributed by atoms with Gasteiger partial charge in [-0.05, 0) is 49.8 Å². The van der Waals surface area contributed by atoms with E-state index in [1.165, 1.54) is 37.8 Å². The zero-order chi connectivity index (χ0) is 14.6. The van der Waals surface area contributed by atoms with Crippen LogP contribution in [0, 0.1) is 11.7 Å². The highest BCUT2D eigenvalue weighted by atomic mass is 35.5. The quantitative estimate of drug-likeness (QED) is 0.835. The number of rotatable bonds is 5. The van der Waals surface area contributed by atoms with E-state index in [2.05, 4.69) is 12.2 Å². The number of benzene rings is 1. The first-order valence-corrected chi connectivity index (χ1v) is 7.89. The molecule has 2 rings (SSSR count). The molecule has 0 amide bonds. The van der Waals surface area contributed by atoms with E-state index >= 15 is 0 Å². The van der Waals surface area contributed by atoms with Crippen LogP contribution in [0.25, 0.3) is 0 Å². The maximum Gasteiger partial charge on any atom is 0.126 e. The molecule has 3 N–H and O–H groups in total. The highest BCUT2D eigenvalue weighted by molar-refractivity contribution is 6.30. The van der Waals surface area contributed by atoms with Crippen molar-refractivity contribution in [3.05, 3.63) is 29.0 Å². The smallest absolute Gasteiger partial charge is 0.126 e. The molecule has 0 unspecified atom stereocenters. The van der Waals surface area contributed by atoms with Crippen molar-refractivity contribution in [3.8, 4) is 0 Å². The fourth-order valence-electron chi connectivity index (χ4n) is 3.24. The average molecular weight is 299 g/mol. The second-order valence-corrected chi connectivity index (χ2v) is 6.44. The summed E-state index contributed by atoms with van der Waals surface area (Å²) in [6, 6.07) is 4.57. The van der Waals surface area contributed by atoms with Crippen molar-refractivity contribution in [1.29, 1.82) is 0 Å². The molecule has 0 spiro atoms. The first-order valence-electron chi connectivity index (χ1n) is 7.51. The van der Waals surface area contributed by atoms with Crippen LogP contribution in [0.1, 0.15) is 45.4 Å². The Bertz CT molecular complexity index is 422. The largest absolute Gasteiger partial charge is 0.378 e. The van der Waals surface area contributed by atoms with Crippen LogP contribution in [0.3, 0.4) is 0 Å². The highest BCUT2D eigenvalue weighted by Gasteiger charge is 2.33. The summed E-state index contributed by atoms with van der Waals surface area (Å²) >= 11 is 5.91. The summed E-state index contributed by atoms with van der Waals surface area (Å²) in [4.78, 5) is 0. The van der Waals surface area contributed by atoms with Crippen LogP contribution in [0.5, 0.6) is 0 Å². The lowest BCUT2D eigenvalue weighted by atomic mass is 9.75. The van der Waals surface area contributed by atoms with Gasteiger partial charge in [0.2, 0.25) is 0 Å². The Kier molecular flexibility index (Phi) is 5.28. The molecule has 1 saturated carbocycles. The molecule has 0 aromatic heterocycles. The first-order chi connectivity index (χ1) is 9.57. The van der Waals surface area contributed by atoms with E-state index in [-0.39, 0.29) is 11.4 Å². The highest BCUT2D eigenvalue weighted by Crippen LogP contribution is 2.36. The Morgan fingerprint density at radius 2 is 2.05 bits per heavy atom. The van der Waals surface area contributed by atoms with Crippen molar-refractivity contribution in [1.82, 2.24) is 0 Å². The van der Waals surface area contributed by atoms with Crippen LogP contribution >= 0.6 is 11.6 Å². The van der Waals surface area contributed by atoms with Crippen molar-refractivity contribution in [2.45, 2.75) is 51.0 Å². The minimum Gasteiger partial charge on any atom is -0.378 e. The summed E-state index contributed by atoms with van der Waals surface area (Å²) in [6.45, 7) is 2.80. The van der Waals surface area contributed by atoms with Gasteiger partial charge in [0.1, 0.15) is 5.82 Å². The van der Waals surface area contributed by atoms with Gasteiger partial charge in [0, 0.05) is 22.8 Å². The van der Waals surface area contributed by atoms with E-state index in [9.17, 15) is 4.39 Å². The molecule has 1 aliphatic carbocycles. The Morgan fingerprint density at radius 1 is 1.35 bits per heavy atom. The molecule has 1 aliphatic rings. The van der Waals surface area contributed by atoms with Crippen LogP contribution in [-0.4, -0.2) is 12.1 Å². The molecule has 20 heavy (non-hydrogen) atoms. The summed E-state index contributed by atoms with van der Waals surface area (Å²) in [5, 5.41) is 3.85. The van der Waals surface area contributed by atoms with Crippen molar-refractivity contribution >= 4 is 17.3 Å². The third-order valence-corrected chi connectivity index (χ3v) is 4.64. The zero-order valence-corrected chi connectivity index (χ0v) is 12.8. The number of nitrogens with two attached hydrogens (primary N) is 1. The van der Waals surface area contributed by atoms with Gasteiger partial charge < -0.3 is 11.1 Å². The molecule has 0 saturated heterocycles. The standard InChI is InChI=1S/C16H24ClFN2/c1-2-3-12-4-6-16(11-19,7-5-12)20-15-9-13(17)8-14(18)10-15/h8-10,12,20H,2-7,11,19H2,1H3. The Hall–Kier alpha value is -0.800. The molecule has 0 bridgehead atoms. The van der Waals surface area contributed by atoms with Gasteiger partial charge in [0.25, 0.3) is 0 Å². The van der Waals surface area contributed by atoms with Crippen LogP contribution in [0.2, 0.25) is 5.02 Å². The van der Waals surface area contributed by atoms with Gasteiger partial charge in [-0.15, -0.1) is 0 Å². The second-order valence-electron chi connectivity index (χ2n) is 6.00. The van der Waals surface area contributed by atoms with Crippen LogP contribution in [-0.2, 0) is 0 Å². The maximum absolute atomic E-state index is 13.4. The third kappa shape index (κ3) is 3.86. The number of hydrogen-bond donors (Lipinski definition) is 2. The molecule has 2 nitrogen and oxygen atoms in total. The average Bonchev–Trinajstić information content (AvgIpc) is 2.40. The fourth-order valence-corrected chi connectivity index (χ4v) is 3.46. The van der Waals surface area contributed by atoms with Crippen molar-refractivity contribution in [2.24, 2.45) is 11.7 Å². The predicted octanol–water partition coefficient (Wildman–Crippen LogP) is 4.58. The van der Waals surface area contributed by atoms with Gasteiger partial charge in [0.05, 0.1) is 0 Å². The van der Waals surface area contributed by atoms with E-state index in [0.717, 1.165) is 24.4 Å². The fraction of sp³-hybridized carbons (Fsp3) is 0.625. The molecule has 0 heterocycles. The minimum atomic E-state index is -0.313. The third-order valence-electron chi connectivity index (χ3n) is 4.42. The summed E-state index contributed by atoms with van der Waals surface area (Å²) in [7, 11) is 0. The molecule has 0 atom stereocenters. The molecular weight excluding hydrogens is 275 g/mol. The molecule has 0 radical (unpaired) electrons. The van der Waals surface area contributed by atoms with Crippen LogP contribution in [0.15, 0.2) is 18.2 Å². The molecular formula is C16H24ClFN2.